The number of carbonyl (C=O) groups is 1. The molecule has 8 heteroatoms. The predicted octanol–water partition coefficient (Wildman–Crippen LogP) is 1.98. The number of rotatable bonds is 6. The highest BCUT2D eigenvalue weighted by Crippen LogP contribution is 2.32. The van der Waals surface area contributed by atoms with Gasteiger partial charge < -0.3 is 24.3 Å². The first kappa shape index (κ1) is 17.3. The maximum absolute atomic E-state index is 12.0. The summed E-state index contributed by atoms with van der Waals surface area (Å²) in [6.07, 6.45) is 1.36. The Balaban J connectivity index is 1.69. The van der Waals surface area contributed by atoms with Gasteiger partial charge in [0.15, 0.2) is 17.3 Å². The number of nitrogens with zero attached hydrogens (tertiary/aromatic N) is 1. The van der Waals surface area contributed by atoms with Gasteiger partial charge in [0.1, 0.15) is 5.69 Å². The second-order valence-electron chi connectivity index (χ2n) is 5.38. The number of H-pyrrole nitrogens is 1. The standard InChI is InChI=1S/C18H17N3O5/c1-24-14-5-3-11(7-16(14)25-2)15-8-13(21-26-15)10-20-18(23)12-4-6-17(22)19-9-12/h3-9H,10H2,1-2H3,(H,19,22)(H,20,23). The van der Waals surface area contributed by atoms with Gasteiger partial charge in [-0.1, -0.05) is 5.16 Å². The van der Waals surface area contributed by atoms with Gasteiger partial charge >= 0.3 is 0 Å². The van der Waals surface area contributed by atoms with Crippen molar-refractivity contribution in [3.63, 3.8) is 0 Å². The zero-order chi connectivity index (χ0) is 18.5. The molecule has 3 rings (SSSR count). The first-order valence-electron chi connectivity index (χ1n) is 7.75. The highest BCUT2D eigenvalue weighted by molar-refractivity contribution is 5.93. The summed E-state index contributed by atoms with van der Waals surface area (Å²) < 4.78 is 15.8. The number of hydrogen-bond acceptors (Lipinski definition) is 6. The summed E-state index contributed by atoms with van der Waals surface area (Å²) in [6.45, 7) is 0.189. The number of nitrogens with one attached hydrogen (secondary N) is 2. The molecule has 0 aliphatic rings. The Morgan fingerprint density at radius 3 is 2.65 bits per heavy atom. The second kappa shape index (κ2) is 7.56. The fourth-order valence-corrected chi connectivity index (χ4v) is 2.35. The van der Waals surface area contributed by atoms with Crippen molar-refractivity contribution < 1.29 is 18.8 Å². The van der Waals surface area contributed by atoms with Crippen LogP contribution in [-0.2, 0) is 6.54 Å². The lowest BCUT2D eigenvalue weighted by Gasteiger charge is -2.07. The molecular weight excluding hydrogens is 338 g/mol. The third-order valence-electron chi connectivity index (χ3n) is 3.70. The van der Waals surface area contributed by atoms with E-state index in [1.165, 1.54) is 18.3 Å². The molecule has 134 valence electrons. The molecule has 0 aliphatic carbocycles. The maximum Gasteiger partial charge on any atom is 0.253 e. The zero-order valence-electron chi connectivity index (χ0n) is 14.2. The molecule has 8 nitrogen and oxygen atoms in total. The van der Waals surface area contributed by atoms with Gasteiger partial charge in [0.2, 0.25) is 5.56 Å². The Bertz CT molecular complexity index is 956. The Hall–Kier alpha value is -3.55. The van der Waals surface area contributed by atoms with Crippen LogP contribution in [-0.4, -0.2) is 30.3 Å². The van der Waals surface area contributed by atoms with E-state index in [0.29, 0.717) is 28.5 Å². The van der Waals surface area contributed by atoms with Crippen LogP contribution in [0.1, 0.15) is 16.1 Å². The number of benzene rings is 1. The smallest absolute Gasteiger partial charge is 0.253 e. The van der Waals surface area contributed by atoms with Crippen molar-refractivity contribution in [1.29, 1.82) is 0 Å². The molecule has 1 amide bonds. The number of ether oxygens (including phenoxy) is 2. The van der Waals surface area contributed by atoms with Crippen LogP contribution >= 0.6 is 0 Å². The maximum atomic E-state index is 12.0. The lowest BCUT2D eigenvalue weighted by Crippen LogP contribution is -2.23. The third-order valence-corrected chi connectivity index (χ3v) is 3.70. The SMILES string of the molecule is COc1ccc(-c2cc(CNC(=O)c3ccc(=O)[nH]c3)no2)cc1OC. The normalized spacial score (nSPS) is 10.4. The number of pyridine rings is 1. The molecule has 0 fully saturated rings. The molecule has 0 aliphatic heterocycles. The zero-order valence-corrected chi connectivity index (χ0v) is 14.2. The van der Waals surface area contributed by atoms with Crippen molar-refractivity contribution in [1.82, 2.24) is 15.5 Å². The average Bonchev–Trinajstić information content (AvgIpc) is 3.15. The summed E-state index contributed by atoms with van der Waals surface area (Å²) >= 11 is 0. The molecule has 0 atom stereocenters. The molecule has 3 aromatic rings. The van der Waals surface area contributed by atoms with E-state index >= 15 is 0 Å². The number of amides is 1. The van der Waals surface area contributed by atoms with Crippen LogP contribution < -0.4 is 20.3 Å². The first-order chi connectivity index (χ1) is 12.6. The van der Waals surface area contributed by atoms with E-state index < -0.39 is 0 Å². The Labute approximate surface area is 148 Å². The summed E-state index contributed by atoms with van der Waals surface area (Å²) in [5, 5.41) is 6.66. The molecular formula is C18H17N3O5. The molecule has 0 unspecified atom stereocenters. The van der Waals surface area contributed by atoms with Gasteiger partial charge in [0, 0.05) is 23.9 Å². The number of aromatic amines is 1. The van der Waals surface area contributed by atoms with Crippen molar-refractivity contribution in [3.05, 3.63) is 64.2 Å². The highest BCUT2D eigenvalue weighted by atomic mass is 16.5. The summed E-state index contributed by atoms with van der Waals surface area (Å²) in [5.41, 5.74) is 1.42. The molecule has 0 bridgehead atoms. The number of hydrogen-bond donors (Lipinski definition) is 2. The minimum Gasteiger partial charge on any atom is -0.493 e. The molecule has 2 N–H and O–H groups in total. The van der Waals surface area contributed by atoms with Gasteiger partial charge in [-0.05, 0) is 24.3 Å². The van der Waals surface area contributed by atoms with Gasteiger partial charge in [-0.15, -0.1) is 0 Å². The molecule has 0 saturated heterocycles. The van der Waals surface area contributed by atoms with E-state index in [1.54, 1.807) is 32.4 Å². The van der Waals surface area contributed by atoms with E-state index in [1.807, 2.05) is 6.07 Å². The summed E-state index contributed by atoms with van der Waals surface area (Å²) in [4.78, 5) is 25.5. The fourth-order valence-electron chi connectivity index (χ4n) is 2.35. The molecule has 26 heavy (non-hydrogen) atoms. The van der Waals surface area contributed by atoms with Crippen molar-refractivity contribution in [3.8, 4) is 22.8 Å². The summed E-state index contributed by atoms with van der Waals surface area (Å²) in [6, 6.07) is 9.85. The highest BCUT2D eigenvalue weighted by Gasteiger charge is 2.12. The second-order valence-corrected chi connectivity index (χ2v) is 5.38. The molecule has 0 saturated carbocycles. The summed E-state index contributed by atoms with van der Waals surface area (Å²) in [7, 11) is 3.12. The largest absolute Gasteiger partial charge is 0.493 e. The van der Waals surface area contributed by atoms with E-state index in [2.05, 4.69) is 15.5 Å². The first-order valence-corrected chi connectivity index (χ1v) is 7.75. The lowest BCUT2D eigenvalue weighted by molar-refractivity contribution is 0.0949. The Morgan fingerprint density at radius 2 is 1.96 bits per heavy atom. The minimum atomic E-state index is -0.322. The fraction of sp³-hybridized carbons (Fsp3) is 0.167. The molecule has 2 aromatic heterocycles. The quantitative estimate of drug-likeness (QED) is 0.700. The Morgan fingerprint density at radius 1 is 1.15 bits per heavy atom. The summed E-state index contributed by atoms with van der Waals surface area (Å²) in [5.74, 6) is 1.41. The number of aromatic nitrogens is 2. The van der Waals surface area contributed by atoms with Crippen LogP contribution in [0.5, 0.6) is 11.5 Å². The molecule has 1 aromatic carbocycles. The van der Waals surface area contributed by atoms with Gasteiger partial charge in [-0.25, -0.2) is 0 Å². The van der Waals surface area contributed by atoms with Crippen molar-refractivity contribution in [2.24, 2.45) is 0 Å². The van der Waals surface area contributed by atoms with E-state index in [-0.39, 0.29) is 18.0 Å². The van der Waals surface area contributed by atoms with Crippen LogP contribution in [0.2, 0.25) is 0 Å². The minimum absolute atomic E-state index is 0.189. The van der Waals surface area contributed by atoms with E-state index in [9.17, 15) is 9.59 Å². The van der Waals surface area contributed by atoms with Crippen LogP contribution in [0.25, 0.3) is 11.3 Å². The van der Waals surface area contributed by atoms with E-state index in [0.717, 1.165) is 5.56 Å². The van der Waals surface area contributed by atoms with Crippen LogP contribution in [0.15, 0.2) is 51.9 Å². The van der Waals surface area contributed by atoms with Crippen molar-refractivity contribution in [2.75, 3.05) is 14.2 Å². The van der Waals surface area contributed by atoms with Crippen LogP contribution in [0, 0.1) is 0 Å². The number of carbonyl (C=O) groups excluding carboxylic acids is 1. The predicted molar refractivity (Wildman–Crippen MR) is 93.3 cm³/mol. The van der Waals surface area contributed by atoms with Crippen molar-refractivity contribution >= 4 is 5.91 Å². The van der Waals surface area contributed by atoms with E-state index in [4.69, 9.17) is 14.0 Å². The van der Waals surface area contributed by atoms with Crippen molar-refractivity contribution in [2.45, 2.75) is 6.54 Å². The number of methoxy groups -OCH3 is 2. The molecule has 0 radical (unpaired) electrons. The third kappa shape index (κ3) is 3.75. The molecule has 0 spiro atoms. The Kier molecular flexibility index (Phi) is 5.02. The lowest BCUT2D eigenvalue weighted by atomic mass is 10.1. The topological polar surface area (TPSA) is 106 Å². The van der Waals surface area contributed by atoms with Crippen LogP contribution in [0.3, 0.4) is 0 Å². The van der Waals surface area contributed by atoms with Crippen LogP contribution in [0.4, 0.5) is 0 Å². The monoisotopic (exact) mass is 355 g/mol. The van der Waals surface area contributed by atoms with Gasteiger partial charge in [-0.2, -0.15) is 0 Å². The molecule has 2 heterocycles. The van der Waals surface area contributed by atoms with Gasteiger partial charge in [0.05, 0.1) is 26.3 Å². The van der Waals surface area contributed by atoms with Gasteiger partial charge in [0.25, 0.3) is 5.91 Å². The van der Waals surface area contributed by atoms with Gasteiger partial charge in [-0.3, -0.25) is 9.59 Å². The average molecular weight is 355 g/mol.